The first-order valence-electron chi connectivity index (χ1n) is 24.8. The number of nitrogens with zero attached hydrogens (tertiary/aromatic N) is 3. The molecule has 9 aliphatic rings. The zero-order chi connectivity index (χ0) is 49.6. The molecule has 15 heteroatoms. The van der Waals surface area contributed by atoms with Crippen LogP contribution >= 0.6 is 0 Å². The van der Waals surface area contributed by atoms with E-state index in [1.165, 1.54) is 12.7 Å². The standard InChI is InChI=1S/C55H65N3O12/c1-27(2)15-14-22-53(10)23-21-31-43(68-53)30(19-18-28(3)4)45-37(44(31)66-49-42(60)41(59)46-35(65-49)26-64-52(8,9)67-46)39-38-40(58-34-17-13-12-16-33(34)56-50(58)57-39)32-25-36-51(6,7)70-54(47(32)61,55(36,38)69-45)24-20-29(5)48(62)63-11/h12-13,15-18,20-21,23,32,35-36,38,40-42,46,49,59-60H,14,19,22,24-26H2,1-11H3/t32?,35-,36?,38?,40?,41-,42-,46-,49+,53?,54?,55?/m0/s1. The molecule has 3 saturated carbocycles. The summed E-state index contributed by atoms with van der Waals surface area (Å²) in [6.07, 6.45) is 6.39. The van der Waals surface area contributed by atoms with Crippen LogP contribution in [0.3, 0.4) is 0 Å². The van der Waals surface area contributed by atoms with Crippen molar-refractivity contribution in [1.29, 1.82) is 0 Å². The molecule has 4 bridgehead atoms. The number of aromatic nitrogens is 2. The number of Topliss-reactive ketones (excluding diaryl/α,β-unsaturated/α-hetero) is 1. The smallest absolute Gasteiger partial charge is 0.333 e. The summed E-state index contributed by atoms with van der Waals surface area (Å²) >= 11 is 0. The number of ether oxygens (including phenoxy) is 8. The third-order valence-electron chi connectivity index (χ3n) is 16.2. The van der Waals surface area contributed by atoms with Crippen LogP contribution in [0.2, 0.25) is 0 Å². The molecule has 12 rings (SSSR count). The summed E-state index contributed by atoms with van der Waals surface area (Å²) in [5.74, 6) is -1.55. The number of allylic oxidation sites excluding steroid dienone is 4. The Labute approximate surface area is 408 Å². The Morgan fingerprint density at radius 3 is 2.47 bits per heavy atom. The normalized spacial score (nSPS) is 35.5. The lowest BCUT2D eigenvalue weighted by Gasteiger charge is -2.64. The van der Waals surface area contributed by atoms with Gasteiger partial charge in [-0.25, -0.2) is 14.8 Å². The summed E-state index contributed by atoms with van der Waals surface area (Å²) in [7, 11) is 1.34. The van der Waals surface area contributed by atoms with Crippen molar-refractivity contribution in [3.05, 3.63) is 82.0 Å². The number of benzene rings is 2. The van der Waals surface area contributed by atoms with Crippen LogP contribution in [0.25, 0.3) is 17.1 Å². The van der Waals surface area contributed by atoms with Gasteiger partial charge in [0.05, 0.1) is 59.1 Å². The van der Waals surface area contributed by atoms with Gasteiger partial charge >= 0.3 is 5.97 Å². The predicted molar refractivity (Wildman–Crippen MR) is 259 cm³/mol. The van der Waals surface area contributed by atoms with Crippen molar-refractivity contribution in [1.82, 2.24) is 9.55 Å². The van der Waals surface area contributed by atoms with Gasteiger partial charge in [-0.3, -0.25) is 4.79 Å². The molecule has 372 valence electrons. The van der Waals surface area contributed by atoms with Crippen LogP contribution in [0.5, 0.6) is 17.2 Å². The molecule has 7 unspecified atom stereocenters. The largest absolute Gasteiger partial charge is 0.482 e. The molecule has 2 N–H and O–H groups in total. The summed E-state index contributed by atoms with van der Waals surface area (Å²) in [6.45, 7) is 19.6. The minimum absolute atomic E-state index is 0.0370. The van der Waals surface area contributed by atoms with Crippen LogP contribution < -0.4 is 14.2 Å². The highest BCUT2D eigenvalue weighted by Crippen LogP contribution is 2.74. The van der Waals surface area contributed by atoms with Crippen molar-refractivity contribution in [2.75, 3.05) is 13.7 Å². The Bertz CT molecular complexity index is 2880. The Kier molecular flexibility index (Phi) is 10.9. The van der Waals surface area contributed by atoms with Gasteiger partial charge in [0.25, 0.3) is 0 Å². The van der Waals surface area contributed by atoms with Gasteiger partial charge < -0.3 is 52.7 Å². The molecule has 0 amide bonds. The van der Waals surface area contributed by atoms with Gasteiger partial charge in [-0.2, -0.15) is 0 Å². The molecule has 3 saturated heterocycles. The van der Waals surface area contributed by atoms with Crippen molar-refractivity contribution >= 4 is 40.5 Å². The molecule has 15 nitrogen and oxygen atoms in total. The minimum atomic E-state index is -1.59. The Hall–Kier alpha value is -5.16. The maximum Gasteiger partial charge on any atom is 0.333 e. The molecule has 1 spiro atoms. The molecule has 1 aromatic heterocycles. The highest BCUT2D eigenvalue weighted by Gasteiger charge is 2.86. The van der Waals surface area contributed by atoms with Crippen molar-refractivity contribution in [2.24, 2.45) is 22.7 Å². The second kappa shape index (κ2) is 16.2. The predicted octanol–water partition coefficient (Wildman–Crippen LogP) is 8.13. The summed E-state index contributed by atoms with van der Waals surface area (Å²) < 4.78 is 55.7. The fourth-order valence-corrected chi connectivity index (χ4v) is 13.1. The summed E-state index contributed by atoms with van der Waals surface area (Å²) in [6, 6.07) is 7.34. The van der Waals surface area contributed by atoms with Crippen molar-refractivity contribution < 1.29 is 57.7 Å². The monoisotopic (exact) mass is 959 g/mol. The second-order valence-corrected chi connectivity index (χ2v) is 22.2. The number of hydrogen-bond acceptors (Lipinski definition) is 14. The number of fused-ring (bicyclic) bond motifs is 7. The number of carbonyl (C=O) groups excluding carboxylic acids is 2. The quantitative estimate of drug-likeness (QED) is 0.113. The number of methoxy groups -OCH3 is 1. The number of aliphatic hydroxyl groups is 2. The fraction of sp³-hybridized carbons (Fsp3) is 0.564. The number of hydrogen-bond donors (Lipinski definition) is 2. The molecule has 7 heterocycles. The molecule has 6 fully saturated rings. The molecule has 3 aromatic rings. The first kappa shape index (κ1) is 47.2. The van der Waals surface area contributed by atoms with E-state index in [2.05, 4.69) is 37.5 Å². The molecular formula is C55H65N3O12. The van der Waals surface area contributed by atoms with Gasteiger partial charge in [-0.15, -0.1) is 0 Å². The average molecular weight is 960 g/mol. The first-order chi connectivity index (χ1) is 33.1. The third-order valence-corrected chi connectivity index (χ3v) is 16.2. The number of carbonyl (C=O) groups is 2. The van der Waals surface area contributed by atoms with Gasteiger partial charge in [-0.1, -0.05) is 41.5 Å². The minimum Gasteiger partial charge on any atom is -0.482 e. The lowest BCUT2D eigenvalue weighted by atomic mass is 9.44. The van der Waals surface area contributed by atoms with Gasteiger partial charge in [0, 0.05) is 29.4 Å². The van der Waals surface area contributed by atoms with Crippen LogP contribution in [-0.2, 0) is 39.7 Å². The number of ketones is 1. The van der Waals surface area contributed by atoms with E-state index in [0.29, 0.717) is 59.1 Å². The highest BCUT2D eigenvalue weighted by atomic mass is 16.8. The van der Waals surface area contributed by atoms with E-state index in [-0.39, 0.29) is 30.5 Å². The van der Waals surface area contributed by atoms with Crippen LogP contribution in [0.15, 0.2) is 70.3 Å². The molecule has 12 atom stereocenters. The van der Waals surface area contributed by atoms with E-state index in [1.807, 2.05) is 64.1 Å². The highest BCUT2D eigenvalue weighted by molar-refractivity contribution is 6.15. The van der Waals surface area contributed by atoms with Crippen molar-refractivity contribution in [3.63, 3.8) is 0 Å². The topological polar surface area (TPSA) is 179 Å². The number of esters is 1. The van der Waals surface area contributed by atoms with Crippen molar-refractivity contribution in [3.8, 4) is 17.2 Å². The number of rotatable bonds is 10. The van der Waals surface area contributed by atoms with E-state index in [4.69, 9.17) is 47.9 Å². The molecule has 2 aromatic carbocycles. The SMILES string of the molecule is COC(=O)C(C)=CCC12OC(C)(C)C3CC(C1=O)C1C4C(=Nc5nc6ccccc6n51)c1c(O[C@H]5O[C@H]6COC(C)(C)O[C@@H]6[C@@H](O)[C@@H]5O)c5c(c(CC=C(C)C)c1OC432)OC(C)(CCC=C(C)C)C=C5. The van der Waals surface area contributed by atoms with Gasteiger partial charge in [0.15, 0.2) is 22.8 Å². The zero-order valence-corrected chi connectivity index (χ0v) is 42.0. The van der Waals surface area contributed by atoms with E-state index in [0.717, 1.165) is 28.6 Å². The van der Waals surface area contributed by atoms with E-state index < -0.39 is 82.7 Å². The second-order valence-electron chi connectivity index (χ2n) is 22.2. The molecular weight excluding hydrogens is 895 g/mol. The molecule has 3 aliphatic carbocycles. The summed E-state index contributed by atoms with van der Waals surface area (Å²) in [5, 5.41) is 23.8. The molecule has 70 heavy (non-hydrogen) atoms. The van der Waals surface area contributed by atoms with E-state index >= 15 is 4.79 Å². The Morgan fingerprint density at radius 2 is 1.73 bits per heavy atom. The van der Waals surface area contributed by atoms with Gasteiger partial charge in [0.2, 0.25) is 12.2 Å². The van der Waals surface area contributed by atoms with Crippen molar-refractivity contribution in [2.45, 2.75) is 166 Å². The van der Waals surface area contributed by atoms with Gasteiger partial charge in [0.1, 0.15) is 47.3 Å². The van der Waals surface area contributed by atoms with E-state index in [9.17, 15) is 15.0 Å². The number of imidazole rings is 1. The maximum atomic E-state index is 16.0. The summed E-state index contributed by atoms with van der Waals surface area (Å²) in [5.41, 5.74) is 1.94. The average Bonchev–Trinajstić information content (AvgIpc) is 3.75. The number of aliphatic imine (C=N–C) groups is 1. The van der Waals surface area contributed by atoms with Gasteiger partial charge in [-0.05, 0) is 119 Å². The number of para-hydroxylation sites is 2. The lowest BCUT2D eigenvalue weighted by molar-refractivity contribution is -0.373. The first-order valence-corrected chi connectivity index (χ1v) is 24.8. The third kappa shape index (κ3) is 6.81. The maximum absolute atomic E-state index is 16.0. The Balaban J connectivity index is 1.20. The van der Waals surface area contributed by atoms with Crippen LogP contribution in [0, 0.1) is 17.8 Å². The van der Waals surface area contributed by atoms with Crippen LogP contribution in [0.1, 0.15) is 118 Å². The number of aliphatic hydroxyl groups excluding tert-OH is 2. The van der Waals surface area contributed by atoms with Crippen LogP contribution in [-0.4, -0.2) is 110 Å². The Morgan fingerprint density at radius 1 is 0.971 bits per heavy atom. The molecule has 0 radical (unpaired) electrons. The fourth-order valence-electron chi connectivity index (χ4n) is 13.1. The zero-order valence-electron chi connectivity index (χ0n) is 42.0. The van der Waals surface area contributed by atoms with E-state index in [1.54, 1.807) is 26.8 Å². The summed E-state index contributed by atoms with van der Waals surface area (Å²) in [4.78, 5) is 39.7. The van der Waals surface area contributed by atoms with Crippen LogP contribution in [0.4, 0.5) is 5.95 Å². The lowest BCUT2D eigenvalue weighted by Crippen LogP contribution is -2.79. The molecule has 6 aliphatic heterocycles.